The number of thioether (sulfide) groups is 1. The van der Waals surface area contributed by atoms with Gasteiger partial charge in [-0.25, -0.2) is 4.98 Å². The highest BCUT2D eigenvalue weighted by molar-refractivity contribution is 7.99. The number of nitrogens with one attached hydrogen (secondary N) is 1. The van der Waals surface area contributed by atoms with Crippen molar-refractivity contribution in [2.24, 2.45) is 5.92 Å². The zero-order valence-corrected chi connectivity index (χ0v) is 12.0. The van der Waals surface area contributed by atoms with Crippen molar-refractivity contribution in [3.05, 3.63) is 12.5 Å². The van der Waals surface area contributed by atoms with Gasteiger partial charge in [-0.05, 0) is 31.7 Å². The fourth-order valence-electron chi connectivity index (χ4n) is 2.67. The first-order valence-electron chi connectivity index (χ1n) is 7.16. The third-order valence-corrected chi connectivity index (χ3v) is 4.65. The van der Waals surface area contributed by atoms with Crippen molar-refractivity contribution in [3.63, 3.8) is 0 Å². The molecule has 1 heterocycles. The minimum Gasteiger partial charge on any atom is -0.440 e. The van der Waals surface area contributed by atoms with E-state index in [0.717, 1.165) is 23.4 Å². The van der Waals surface area contributed by atoms with E-state index in [4.69, 9.17) is 4.42 Å². The Morgan fingerprint density at radius 2 is 2.28 bits per heavy atom. The van der Waals surface area contributed by atoms with E-state index in [1.54, 1.807) is 24.2 Å². The first kappa shape index (κ1) is 13.9. The van der Waals surface area contributed by atoms with Crippen LogP contribution in [0, 0.1) is 5.92 Å². The van der Waals surface area contributed by atoms with E-state index in [-0.39, 0.29) is 0 Å². The summed E-state index contributed by atoms with van der Waals surface area (Å²) in [6, 6.07) is 0.613. The molecule has 0 radical (unpaired) electrons. The molecular formula is C14H24N2OS. The molecule has 0 saturated heterocycles. The average molecular weight is 268 g/mol. The summed E-state index contributed by atoms with van der Waals surface area (Å²) in [7, 11) is 0. The second-order valence-corrected chi connectivity index (χ2v) is 6.04. The molecule has 1 aromatic heterocycles. The van der Waals surface area contributed by atoms with Gasteiger partial charge >= 0.3 is 0 Å². The van der Waals surface area contributed by atoms with Gasteiger partial charge in [0.2, 0.25) is 0 Å². The molecule has 1 aliphatic carbocycles. The van der Waals surface area contributed by atoms with Crippen LogP contribution in [0.25, 0.3) is 0 Å². The molecule has 1 N–H and O–H groups in total. The Morgan fingerprint density at radius 1 is 1.44 bits per heavy atom. The van der Waals surface area contributed by atoms with Gasteiger partial charge in [-0.3, -0.25) is 0 Å². The van der Waals surface area contributed by atoms with Crippen LogP contribution in [-0.2, 0) is 0 Å². The van der Waals surface area contributed by atoms with Gasteiger partial charge in [0.25, 0.3) is 5.22 Å². The lowest BCUT2D eigenvalue weighted by molar-refractivity contribution is 0.285. The van der Waals surface area contributed by atoms with E-state index in [9.17, 15) is 0 Å². The van der Waals surface area contributed by atoms with Gasteiger partial charge < -0.3 is 9.73 Å². The number of oxazole rings is 1. The Balaban J connectivity index is 1.83. The number of rotatable bonds is 7. The Labute approximate surface area is 114 Å². The molecule has 1 unspecified atom stereocenters. The van der Waals surface area contributed by atoms with Crippen molar-refractivity contribution in [1.82, 2.24) is 10.3 Å². The molecule has 3 nitrogen and oxygen atoms in total. The summed E-state index contributed by atoms with van der Waals surface area (Å²) < 4.78 is 5.30. The van der Waals surface area contributed by atoms with E-state index in [1.807, 2.05) is 0 Å². The monoisotopic (exact) mass is 268 g/mol. The zero-order chi connectivity index (χ0) is 12.6. The maximum absolute atomic E-state index is 5.30. The molecule has 0 amide bonds. The SMILES string of the molecule is CCCNC(CSc1ncco1)C1CCCCC1. The molecule has 102 valence electrons. The zero-order valence-electron chi connectivity index (χ0n) is 11.2. The molecule has 2 rings (SSSR count). The molecule has 1 saturated carbocycles. The predicted molar refractivity (Wildman–Crippen MR) is 75.9 cm³/mol. The van der Waals surface area contributed by atoms with E-state index >= 15 is 0 Å². The van der Waals surface area contributed by atoms with Crippen LogP contribution in [0.5, 0.6) is 0 Å². The number of aromatic nitrogens is 1. The fourth-order valence-corrected chi connectivity index (χ4v) is 3.64. The van der Waals surface area contributed by atoms with Crippen molar-refractivity contribution in [3.8, 4) is 0 Å². The minimum atomic E-state index is 0.613. The van der Waals surface area contributed by atoms with Crippen LogP contribution in [0.1, 0.15) is 45.4 Å². The number of nitrogens with zero attached hydrogens (tertiary/aromatic N) is 1. The molecular weight excluding hydrogens is 244 g/mol. The van der Waals surface area contributed by atoms with Crippen molar-refractivity contribution >= 4 is 11.8 Å². The van der Waals surface area contributed by atoms with Gasteiger partial charge in [-0.2, -0.15) is 0 Å². The van der Waals surface area contributed by atoms with Crippen LogP contribution in [0.3, 0.4) is 0 Å². The fraction of sp³-hybridized carbons (Fsp3) is 0.786. The predicted octanol–water partition coefficient (Wildman–Crippen LogP) is 3.72. The van der Waals surface area contributed by atoms with Crippen LogP contribution >= 0.6 is 11.8 Å². The summed E-state index contributed by atoms with van der Waals surface area (Å²) in [6.45, 7) is 3.35. The molecule has 0 bridgehead atoms. The highest BCUT2D eigenvalue weighted by Crippen LogP contribution is 2.29. The Kier molecular flexibility index (Phi) is 6.08. The van der Waals surface area contributed by atoms with Gasteiger partial charge in [0.05, 0.1) is 6.20 Å². The standard InChI is InChI=1S/C14H24N2OS/c1-2-8-15-13(12-6-4-3-5-7-12)11-18-14-16-9-10-17-14/h9-10,12-13,15H,2-8,11H2,1H3. The molecule has 1 aromatic rings. The average Bonchev–Trinajstić information content (AvgIpc) is 2.93. The maximum atomic E-state index is 5.30. The van der Waals surface area contributed by atoms with Crippen LogP contribution in [0.2, 0.25) is 0 Å². The van der Waals surface area contributed by atoms with Crippen molar-refractivity contribution < 1.29 is 4.42 Å². The van der Waals surface area contributed by atoms with Gasteiger partial charge in [0.1, 0.15) is 6.26 Å². The van der Waals surface area contributed by atoms with Crippen LogP contribution in [0.4, 0.5) is 0 Å². The summed E-state index contributed by atoms with van der Waals surface area (Å²) in [6.07, 6.45) is 11.6. The summed E-state index contributed by atoms with van der Waals surface area (Å²) in [5.41, 5.74) is 0. The molecule has 0 spiro atoms. The summed E-state index contributed by atoms with van der Waals surface area (Å²) in [5, 5.41) is 4.51. The molecule has 0 aliphatic heterocycles. The quantitative estimate of drug-likeness (QED) is 0.765. The van der Waals surface area contributed by atoms with Gasteiger partial charge in [-0.15, -0.1) is 0 Å². The first-order valence-corrected chi connectivity index (χ1v) is 8.14. The Morgan fingerprint density at radius 3 is 2.94 bits per heavy atom. The van der Waals surface area contributed by atoms with Crippen LogP contribution in [-0.4, -0.2) is 23.3 Å². The van der Waals surface area contributed by atoms with Crippen molar-refractivity contribution in [2.45, 2.75) is 56.7 Å². The molecule has 0 aromatic carbocycles. The maximum Gasteiger partial charge on any atom is 0.255 e. The Bertz CT molecular complexity index is 310. The van der Waals surface area contributed by atoms with E-state index in [0.29, 0.717) is 6.04 Å². The van der Waals surface area contributed by atoms with E-state index in [1.165, 1.54) is 38.5 Å². The lowest BCUT2D eigenvalue weighted by atomic mass is 9.84. The molecule has 4 heteroatoms. The van der Waals surface area contributed by atoms with E-state index < -0.39 is 0 Å². The topological polar surface area (TPSA) is 38.1 Å². The largest absolute Gasteiger partial charge is 0.440 e. The lowest BCUT2D eigenvalue weighted by Crippen LogP contribution is -2.39. The second-order valence-electron chi connectivity index (χ2n) is 5.07. The third-order valence-electron chi connectivity index (χ3n) is 3.67. The van der Waals surface area contributed by atoms with Gasteiger partial charge in [-0.1, -0.05) is 37.9 Å². The van der Waals surface area contributed by atoms with Crippen LogP contribution in [0.15, 0.2) is 22.1 Å². The smallest absolute Gasteiger partial charge is 0.255 e. The molecule has 1 fully saturated rings. The highest BCUT2D eigenvalue weighted by atomic mass is 32.2. The van der Waals surface area contributed by atoms with Gasteiger partial charge in [0.15, 0.2) is 0 Å². The number of hydrogen-bond acceptors (Lipinski definition) is 4. The highest BCUT2D eigenvalue weighted by Gasteiger charge is 2.23. The van der Waals surface area contributed by atoms with E-state index in [2.05, 4.69) is 17.2 Å². The second kappa shape index (κ2) is 7.85. The first-order chi connectivity index (χ1) is 8.90. The molecule has 1 atom stereocenters. The molecule has 1 aliphatic rings. The van der Waals surface area contributed by atoms with Crippen molar-refractivity contribution in [1.29, 1.82) is 0 Å². The Hall–Kier alpha value is -0.480. The third kappa shape index (κ3) is 4.32. The molecule has 18 heavy (non-hydrogen) atoms. The van der Waals surface area contributed by atoms with Crippen molar-refractivity contribution in [2.75, 3.05) is 12.3 Å². The van der Waals surface area contributed by atoms with Gasteiger partial charge in [0, 0.05) is 11.8 Å². The summed E-state index contributed by atoms with van der Waals surface area (Å²) in [5.74, 6) is 1.92. The summed E-state index contributed by atoms with van der Waals surface area (Å²) >= 11 is 1.74. The summed E-state index contributed by atoms with van der Waals surface area (Å²) in [4.78, 5) is 4.18. The normalized spacial score (nSPS) is 18.9. The van der Waals surface area contributed by atoms with Crippen LogP contribution < -0.4 is 5.32 Å². The minimum absolute atomic E-state index is 0.613. The number of hydrogen-bond donors (Lipinski definition) is 1. The lowest BCUT2D eigenvalue weighted by Gasteiger charge is -2.30.